The third-order valence-corrected chi connectivity index (χ3v) is 5.63. The SMILES string of the molecule is c1ccc(-c2ccc(CN3CCCC3)cc2)c(CNCc2cscn2)c1. The first-order valence-electron chi connectivity index (χ1n) is 9.36. The van der Waals surface area contributed by atoms with Gasteiger partial charge in [0.2, 0.25) is 0 Å². The summed E-state index contributed by atoms with van der Waals surface area (Å²) in [4.78, 5) is 6.88. The molecule has 1 aromatic heterocycles. The Labute approximate surface area is 159 Å². The Bertz CT molecular complexity index is 806. The Morgan fingerprint density at radius 3 is 2.54 bits per heavy atom. The number of aromatic nitrogens is 1. The lowest BCUT2D eigenvalue weighted by atomic mass is 9.98. The van der Waals surface area contributed by atoms with Crippen LogP contribution in [0.15, 0.2) is 59.4 Å². The van der Waals surface area contributed by atoms with Crippen LogP contribution in [0.2, 0.25) is 0 Å². The number of likely N-dealkylation sites (tertiary alicyclic amines) is 1. The molecule has 3 nitrogen and oxygen atoms in total. The van der Waals surface area contributed by atoms with Gasteiger partial charge in [0.15, 0.2) is 0 Å². The summed E-state index contributed by atoms with van der Waals surface area (Å²) in [6.45, 7) is 5.23. The molecule has 0 bridgehead atoms. The van der Waals surface area contributed by atoms with Crippen LogP contribution in [0.5, 0.6) is 0 Å². The molecule has 0 aliphatic carbocycles. The second kappa shape index (κ2) is 8.58. The highest BCUT2D eigenvalue weighted by atomic mass is 32.1. The third kappa shape index (κ3) is 4.39. The van der Waals surface area contributed by atoms with E-state index in [1.165, 1.54) is 48.2 Å². The number of rotatable bonds is 7. The van der Waals surface area contributed by atoms with Crippen LogP contribution in [0.4, 0.5) is 0 Å². The van der Waals surface area contributed by atoms with Crippen molar-refractivity contribution in [1.82, 2.24) is 15.2 Å². The Balaban J connectivity index is 1.43. The van der Waals surface area contributed by atoms with Gasteiger partial charge in [-0.2, -0.15) is 0 Å². The Kier molecular flexibility index (Phi) is 5.75. The van der Waals surface area contributed by atoms with Crippen LogP contribution >= 0.6 is 11.3 Å². The Hall–Kier alpha value is -2.01. The summed E-state index contributed by atoms with van der Waals surface area (Å²) in [6, 6.07) is 17.8. The van der Waals surface area contributed by atoms with Crippen LogP contribution in [-0.2, 0) is 19.6 Å². The minimum Gasteiger partial charge on any atom is -0.307 e. The number of hydrogen-bond donors (Lipinski definition) is 1. The van der Waals surface area contributed by atoms with E-state index in [9.17, 15) is 0 Å². The molecular weight excluding hydrogens is 338 g/mol. The van der Waals surface area contributed by atoms with Gasteiger partial charge in [-0.1, -0.05) is 48.5 Å². The molecule has 3 aromatic rings. The van der Waals surface area contributed by atoms with Gasteiger partial charge in [0.25, 0.3) is 0 Å². The van der Waals surface area contributed by atoms with Crippen molar-refractivity contribution in [3.05, 3.63) is 76.2 Å². The van der Waals surface area contributed by atoms with E-state index in [1.54, 1.807) is 11.3 Å². The molecule has 1 fully saturated rings. The lowest BCUT2D eigenvalue weighted by Gasteiger charge is -2.15. The highest BCUT2D eigenvalue weighted by molar-refractivity contribution is 7.07. The topological polar surface area (TPSA) is 28.2 Å². The molecule has 0 unspecified atom stereocenters. The van der Waals surface area contributed by atoms with Crippen molar-refractivity contribution in [1.29, 1.82) is 0 Å². The molecule has 0 atom stereocenters. The molecule has 1 N–H and O–H groups in total. The summed E-state index contributed by atoms with van der Waals surface area (Å²) < 4.78 is 0. The number of hydrogen-bond acceptors (Lipinski definition) is 4. The monoisotopic (exact) mass is 363 g/mol. The summed E-state index contributed by atoms with van der Waals surface area (Å²) in [6.07, 6.45) is 2.69. The summed E-state index contributed by atoms with van der Waals surface area (Å²) in [7, 11) is 0. The third-order valence-electron chi connectivity index (χ3n) is 4.99. The smallest absolute Gasteiger partial charge is 0.0795 e. The number of nitrogens with zero attached hydrogens (tertiary/aromatic N) is 2. The van der Waals surface area contributed by atoms with Gasteiger partial charge in [0.05, 0.1) is 11.2 Å². The van der Waals surface area contributed by atoms with Crippen LogP contribution < -0.4 is 5.32 Å². The van der Waals surface area contributed by atoms with E-state index in [4.69, 9.17) is 0 Å². The normalized spacial score (nSPS) is 14.8. The predicted molar refractivity (Wildman–Crippen MR) is 109 cm³/mol. The molecule has 4 heteroatoms. The molecule has 4 rings (SSSR count). The van der Waals surface area contributed by atoms with E-state index in [-0.39, 0.29) is 0 Å². The second-order valence-electron chi connectivity index (χ2n) is 6.92. The van der Waals surface area contributed by atoms with Gasteiger partial charge in [-0.05, 0) is 48.2 Å². The molecule has 1 aliphatic heterocycles. The minimum atomic E-state index is 0.812. The molecule has 0 radical (unpaired) electrons. The molecule has 26 heavy (non-hydrogen) atoms. The lowest BCUT2D eigenvalue weighted by Crippen LogP contribution is -2.18. The predicted octanol–water partition coefficient (Wildman–Crippen LogP) is 4.70. The van der Waals surface area contributed by atoms with Crippen molar-refractivity contribution in [2.45, 2.75) is 32.5 Å². The van der Waals surface area contributed by atoms with Crippen molar-refractivity contribution in [3.63, 3.8) is 0 Å². The van der Waals surface area contributed by atoms with E-state index in [1.807, 2.05) is 5.51 Å². The zero-order chi connectivity index (χ0) is 17.6. The van der Waals surface area contributed by atoms with Crippen molar-refractivity contribution in [3.8, 4) is 11.1 Å². The van der Waals surface area contributed by atoms with Crippen LogP contribution in [0, 0.1) is 0 Å². The molecule has 2 heterocycles. The molecule has 1 saturated heterocycles. The second-order valence-corrected chi connectivity index (χ2v) is 7.64. The first-order valence-corrected chi connectivity index (χ1v) is 10.3. The summed E-state index contributed by atoms with van der Waals surface area (Å²) >= 11 is 1.64. The molecule has 134 valence electrons. The quantitative estimate of drug-likeness (QED) is 0.660. The molecule has 1 aliphatic rings. The van der Waals surface area contributed by atoms with Gasteiger partial charge < -0.3 is 5.32 Å². The maximum absolute atomic E-state index is 4.33. The average molecular weight is 364 g/mol. The van der Waals surface area contributed by atoms with Gasteiger partial charge in [-0.15, -0.1) is 11.3 Å². The zero-order valence-corrected chi connectivity index (χ0v) is 15.8. The maximum atomic E-state index is 4.33. The van der Waals surface area contributed by atoms with Gasteiger partial charge in [-0.3, -0.25) is 4.90 Å². The fourth-order valence-corrected chi connectivity index (χ4v) is 4.15. The van der Waals surface area contributed by atoms with Gasteiger partial charge in [0.1, 0.15) is 0 Å². The molecule has 0 saturated carbocycles. The summed E-state index contributed by atoms with van der Waals surface area (Å²) in [5.74, 6) is 0. The van der Waals surface area contributed by atoms with Crippen LogP contribution in [-0.4, -0.2) is 23.0 Å². The molecular formula is C22H25N3S. The molecule has 0 amide bonds. The van der Waals surface area contributed by atoms with Gasteiger partial charge in [0, 0.05) is 25.0 Å². The largest absolute Gasteiger partial charge is 0.307 e. The van der Waals surface area contributed by atoms with Crippen molar-refractivity contribution >= 4 is 11.3 Å². The minimum absolute atomic E-state index is 0.812. The van der Waals surface area contributed by atoms with E-state index in [0.717, 1.165) is 25.3 Å². The number of thiazole rings is 1. The molecule has 2 aromatic carbocycles. The zero-order valence-electron chi connectivity index (χ0n) is 15.0. The van der Waals surface area contributed by atoms with Gasteiger partial charge in [-0.25, -0.2) is 4.98 Å². The maximum Gasteiger partial charge on any atom is 0.0795 e. The lowest BCUT2D eigenvalue weighted by molar-refractivity contribution is 0.331. The fraction of sp³-hybridized carbons (Fsp3) is 0.318. The number of nitrogens with one attached hydrogen (secondary N) is 1. The standard InChI is InChI=1S/C22H25N3S/c1-2-6-22(20(5-1)13-23-14-21-16-26-17-24-21)19-9-7-18(8-10-19)15-25-11-3-4-12-25/h1-2,5-10,16-17,23H,3-4,11-15H2. The van der Waals surface area contributed by atoms with E-state index in [0.29, 0.717) is 0 Å². The van der Waals surface area contributed by atoms with Crippen LogP contribution in [0.25, 0.3) is 11.1 Å². The fourth-order valence-electron chi connectivity index (χ4n) is 3.59. The first-order chi connectivity index (χ1) is 12.9. The van der Waals surface area contributed by atoms with E-state index in [2.05, 4.69) is 69.1 Å². The highest BCUT2D eigenvalue weighted by Gasteiger charge is 2.12. The number of benzene rings is 2. The summed E-state index contributed by atoms with van der Waals surface area (Å²) in [5, 5.41) is 5.61. The van der Waals surface area contributed by atoms with Crippen LogP contribution in [0.1, 0.15) is 29.7 Å². The van der Waals surface area contributed by atoms with Crippen molar-refractivity contribution < 1.29 is 0 Å². The van der Waals surface area contributed by atoms with E-state index >= 15 is 0 Å². The van der Waals surface area contributed by atoms with Gasteiger partial charge >= 0.3 is 0 Å². The van der Waals surface area contributed by atoms with Crippen molar-refractivity contribution in [2.75, 3.05) is 13.1 Å². The Morgan fingerprint density at radius 2 is 1.77 bits per heavy atom. The highest BCUT2D eigenvalue weighted by Crippen LogP contribution is 2.25. The van der Waals surface area contributed by atoms with Crippen molar-refractivity contribution in [2.24, 2.45) is 0 Å². The average Bonchev–Trinajstić information content (AvgIpc) is 3.37. The van der Waals surface area contributed by atoms with Crippen LogP contribution in [0.3, 0.4) is 0 Å². The van der Waals surface area contributed by atoms with E-state index < -0.39 is 0 Å². The molecule has 0 spiro atoms. The summed E-state index contributed by atoms with van der Waals surface area (Å²) in [5.41, 5.74) is 8.34. The first kappa shape index (κ1) is 17.4. The Morgan fingerprint density at radius 1 is 0.962 bits per heavy atom.